The summed E-state index contributed by atoms with van der Waals surface area (Å²) in [6, 6.07) is 48.4. The Morgan fingerprint density at radius 2 is 1.25 bits per heavy atom. The Morgan fingerprint density at radius 1 is 0.591 bits per heavy atom. The van der Waals surface area contributed by atoms with E-state index in [0.717, 1.165) is 11.4 Å². The third-order valence-corrected chi connectivity index (χ3v) is 9.25. The lowest BCUT2D eigenvalue weighted by atomic mass is 9.82. The van der Waals surface area contributed by atoms with Crippen molar-refractivity contribution in [1.29, 1.82) is 0 Å². The Labute approximate surface area is 258 Å². The summed E-state index contributed by atoms with van der Waals surface area (Å²) < 4.78 is 7.76. The van der Waals surface area contributed by atoms with Gasteiger partial charge in [-0.1, -0.05) is 92.7 Å². The molecular weight excluding hydrogens is 536 g/mol. The van der Waals surface area contributed by atoms with Crippen molar-refractivity contribution in [3.63, 3.8) is 0 Å². The number of ether oxygens (including phenoxy) is 1. The van der Waals surface area contributed by atoms with Crippen LogP contribution in [0, 0.1) is 0 Å². The number of fused-ring (bicyclic) bond motifs is 6. The maximum atomic E-state index is 5.40. The lowest BCUT2D eigenvalue weighted by Gasteiger charge is -2.22. The fourth-order valence-electron chi connectivity index (χ4n) is 7.04. The number of hydrogen-bond donors (Lipinski definition) is 1. The van der Waals surface area contributed by atoms with Gasteiger partial charge in [0.1, 0.15) is 0 Å². The van der Waals surface area contributed by atoms with E-state index in [0.29, 0.717) is 6.61 Å². The van der Waals surface area contributed by atoms with Crippen LogP contribution in [0.15, 0.2) is 133 Å². The highest BCUT2D eigenvalue weighted by Crippen LogP contribution is 2.50. The Kier molecular flexibility index (Phi) is 6.18. The van der Waals surface area contributed by atoms with Crippen LogP contribution in [0.4, 0.5) is 11.4 Å². The smallest absolute Gasteiger partial charge is 0.0713 e. The fourth-order valence-corrected chi connectivity index (χ4v) is 7.04. The SMILES string of the molecule is COCc1ccc2c(c1)C(C)(C)c1cc(Nc3ccc(-c4ccc5c(c4)c4ccccc4n5-c4ccccc4)cc3)ccc1-2. The highest BCUT2D eigenvalue weighted by Gasteiger charge is 2.35. The minimum absolute atomic E-state index is 0.0712. The van der Waals surface area contributed by atoms with Gasteiger partial charge in [-0.05, 0) is 93.5 Å². The Morgan fingerprint density at radius 3 is 2.05 bits per heavy atom. The third kappa shape index (κ3) is 4.24. The summed E-state index contributed by atoms with van der Waals surface area (Å²) in [4.78, 5) is 0. The number of hydrogen-bond acceptors (Lipinski definition) is 2. The summed E-state index contributed by atoms with van der Waals surface area (Å²) in [5, 5.41) is 6.19. The van der Waals surface area contributed by atoms with Gasteiger partial charge in [-0.15, -0.1) is 0 Å². The molecule has 0 unspecified atom stereocenters. The zero-order chi connectivity index (χ0) is 29.8. The fraction of sp³-hybridized carbons (Fsp3) is 0.122. The minimum atomic E-state index is -0.0712. The molecule has 1 heterocycles. The summed E-state index contributed by atoms with van der Waals surface area (Å²) in [6.45, 7) is 5.27. The maximum absolute atomic E-state index is 5.40. The normalized spacial score (nSPS) is 13.2. The summed E-state index contributed by atoms with van der Waals surface area (Å²) in [6.07, 6.45) is 0. The molecule has 8 rings (SSSR count). The van der Waals surface area contributed by atoms with Crippen molar-refractivity contribution < 1.29 is 4.74 Å². The van der Waals surface area contributed by atoms with Crippen LogP contribution in [-0.2, 0) is 16.8 Å². The molecule has 44 heavy (non-hydrogen) atoms. The first kappa shape index (κ1) is 26.5. The molecule has 0 atom stereocenters. The van der Waals surface area contributed by atoms with Crippen LogP contribution in [0.25, 0.3) is 49.7 Å². The van der Waals surface area contributed by atoms with Crippen molar-refractivity contribution in [2.75, 3.05) is 12.4 Å². The lowest BCUT2D eigenvalue weighted by molar-refractivity contribution is 0.185. The van der Waals surface area contributed by atoms with Gasteiger partial charge in [0.25, 0.3) is 0 Å². The van der Waals surface area contributed by atoms with E-state index in [1.54, 1.807) is 7.11 Å². The standard InChI is InChI=1S/C41H34N2O/c1-41(2)37-23-27(26-44-3)13-20-33(37)34-21-19-31(25-38(34)41)42-30-17-14-28(15-18-30)29-16-22-40-36(24-29)35-11-7-8-12-39(35)43(40)32-9-5-4-6-10-32/h4-25,42H,26H2,1-3H3. The quantitative estimate of drug-likeness (QED) is 0.215. The molecule has 0 saturated heterocycles. The molecule has 214 valence electrons. The molecule has 0 saturated carbocycles. The molecule has 0 spiro atoms. The molecule has 1 aromatic heterocycles. The van der Waals surface area contributed by atoms with Crippen molar-refractivity contribution in [2.45, 2.75) is 25.9 Å². The second kappa shape index (κ2) is 10.3. The number of nitrogens with zero attached hydrogens (tertiary/aromatic N) is 1. The Balaban J connectivity index is 1.09. The van der Waals surface area contributed by atoms with E-state index < -0.39 is 0 Å². The zero-order valence-electron chi connectivity index (χ0n) is 25.3. The van der Waals surface area contributed by atoms with Gasteiger partial charge < -0.3 is 14.6 Å². The van der Waals surface area contributed by atoms with Crippen LogP contribution in [0.2, 0.25) is 0 Å². The van der Waals surface area contributed by atoms with E-state index in [9.17, 15) is 0 Å². The first-order valence-electron chi connectivity index (χ1n) is 15.2. The summed E-state index contributed by atoms with van der Waals surface area (Å²) in [7, 11) is 1.75. The Hall–Kier alpha value is -5.12. The van der Waals surface area contributed by atoms with Crippen molar-refractivity contribution in [3.05, 3.63) is 150 Å². The molecule has 0 bridgehead atoms. The molecule has 0 amide bonds. The van der Waals surface area contributed by atoms with Crippen LogP contribution >= 0.6 is 0 Å². The van der Waals surface area contributed by atoms with E-state index in [1.165, 1.54) is 66.4 Å². The summed E-state index contributed by atoms with van der Waals surface area (Å²) in [5.74, 6) is 0. The molecular formula is C41H34N2O. The molecule has 1 aliphatic carbocycles. The number of methoxy groups -OCH3 is 1. The predicted molar refractivity (Wildman–Crippen MR) is 184 cm³/mol. The van der Waals surface area contributed by atoms with Crippen LogP contribution in [0.1, 0.15) is 30.5 Å². The van der Waals surface area contributed by atoms with Gasteiger partial charge in [0.15, 0.2) is 0 Å². The number of nitrogens with one attached hydrogen (secondary N) is 1. The molecule has 0 fully saturated rings. The van der Waals surface area contributed by atoms with E-state index in [1.807, 2.05) is 0 Å². The van der Waals surface area contributed by atoms with Crippen LogP contribution in [-0.4, -0.2) is 11.7 Å². The van der Waals surface area contributed by atoms with E-state index in [4.69, 9.17) is 4.74 Å². The zero-order valence-corrected chi connectivity index (χ0v) is 25.3. The number of aromatic nitrogens is 1. The highest BCUT2D eigenvalue weighted by atomic mass is 16.5. The van der Waals surface area contributed by atoms with Gasteiger partial charge in [0.2, 0.25) is 0 Å². The number of benzene rings is 6. The largest absolute Gasteiger partial charge is 0.380 e. The average Bonchev–Trinajstić information content (AvgIpc) is 3.50. The van der Waals surface area contributed by atoms with Gasteiger partial charge >= 0.3 is 0 Å². The number of para-hydroxylation sites is 2. The van der Waals surface area contributed by atoms with E-state index >= 15 is 0 Å². The van der Waals surface area contributed by atoms with Gasteiger partial charge in [-0.3, -0.25) is 0 Å². The second-order valence-corrected chi connectivity index (χ2v) is 12.3. The van der Waals surface area contributed by atoms with Gasteiger partial charge in [-0.2, -0.15) is 0 Å². The van der Waals surface area contributed by atoms with Crippen molar-refractivity contribution in [2.24, 2.45) is 0 Å². The topological polar surface area (TPSA) is 26.2 Å². The summed E-state index contributed by atoms with van der Waals surface area (Å²) >= 11 is 0. The highest BCUT2D eigenvalue weighted by molar-refractivity contribution is 6.10. The molecule has 1 aliphatic rings. The number of rotatable bonds is 6. The van der Waals surface area contributed by atoms with Crippen LogP contribution in [0.3, 0.4) is 0 Å². The molecule has 7 aromatic rings. The van der Waals surface area contributed by atoms with E-state index in [-0.39, 0.29) is 5.41 Å². The molecule has 6 aromatic carbocycles. The van der Waals surface area contributed by atoms with Crippen molar-refractivity contribution in [3.8, 4) is 27.9 Å². The van der Waals surface area contributed by atoms with Crippen LogP contribution in [0.5, 0.6) is 0 Å². The third-order valence-electron chi connectivity index (χ3n) is 9.25. The molecule has 3 nitrogen and oxygen atoms in total. The monoisotopic (exact) mass is 570 g/mol. The first-order chi connectivity index (χ1) is 21.5. The van der Waals surface area contributed by atoms with E-state index in [2.05, 4.69) is 157 Å². The first-order valence-corrected chi connectivity index (χ1v) is 15.2. The molecule has 1 N–H and O–H groups in total. The molecule has 3 heteroatoms. The molecule has 0 radical (unpaired) electrons. The predicted octanol–water partition coefficient (Wildman–Crippen LogP) is 10.6. The van der Waals surface area contributed by atoms with Gasteiger partial charge in [0.05, 0.1) is 17.6 Å². The second-order valence-electron chi connectivity index (χ2n) is 12.3. The van der Waals surface area contributed by atoms with Crippen molar-refractivity contribution in [1.82, 2.24) is 4.57 Å². The Bertz CT molecular complexity index is 2170. The average molecular weight is 571 g/mol. The lowest BCUT2D eigenvalue weighted by Crippen LogP contribution is -2.15. The van der Waals surface area contributed by atoms with Gasteiger partial charge in [-0.25, -0.2) is 0 Å². The van der Waals surface area contributed by atoms with Crippen molar-refractivity contribution >= 4 is 33.2 Å². The summed E-state index contributed by atoms with van der Waals surface area (Å²) in [5.41, 5.74) is 14.7. The number of anilines is 2. The van der Waals surface area contributed by atoms with Crippen LogP contribution < -0.4 is 5.32 Å². The van der Waals surface area contributed by atoms with Gasteiger partial charge in [0, 0.05) is 40.4 Å². The molecule has 0 aliphatic heterocycles. The maximum Gasteiger partial charge on any atom is 0.0713 e. The minimum Gasteiger partial charge on any atom is -0.380 e.